The van der Waals surface area contributed by atoms with E-state index < -0.39 is 39.8 Å². The van der Waals surface area contributed by atoms with Crippen molar-refractivity contribution in [1.82, 2.24) is 19.7 Å². The van der Waals surface area contributed by atoms with Gasteiger partial charge in [0.1, 0.15) is 10.6 Å². The second kappa shape index (κ2) is 13.6. The fourth-order valence-corrected chi connectivity index (χ4v) is 6.18. The Morgan fingerprint density at radius 2 is 1.75 bits per heavy atom. The maximum Gasteiger partial charge on any atom is 0.491 e. The molecule has 5 rings (SSSR count). The van der Waals surface area contributed by atoms with Crippen LogP contribution in [0.1, 0.15) is 43.5 Å². The fraction of sp³-hybridized carbons (Fsp3) is 0.323. The van der Waals surface area contributed by atoms with E-state index in [1.54, 1.807) is 32.0 Å². The number of nitrogens with zero attached hydrogens (tertiary/aromatic N) is 3. The summed E-state index contributed by atoms with van der Waals surface area (Å²) in [5.41, 5.74) is 1.04. The summed E-state index contributed by atoms with van der Waals surface area (Å²) in [4.78, 5) is 36.6. The van der Waals surface area contributed by atoms with Crippen LogP contribution in [0.15, 0.2) is 53.7 Å². The maximum absolute atomic E-state index is 13.6. The third-order valence-corrected chi connectivity index (χ3v) is 8.70. The number of anilines is 2. The first-order valence-corrected chi connectivity index (χ1v) is 16.0. The van der Waals surface area contributed by atoms with Gasteiger partial charge in [-0.25, -0.2) is 27.7 Å². The number of carbonyl (C=O) groups is 2. The van der Waals surface area contributed by atoms with Gasteiger partial charge in [-0.1, -0.05) is 18.6 Å². The van der Waals surface area contributed by atoms with Crippen molar-refractivity contribution in [3.05, 3.63) is 54.4 Å². The lowest BCUT2D eigenvalue weighted by Crippen LogP contribution is -2.39. The van der Waals surface area contributed by atoms with Crippen molar-refractivity contribution < 1.29 is 50.1 Å². The first-order valence-electron chi connectivity index (χ1n) is 14.5. The van der Waals surface area contributed by atoms with Crippen LogP contribution in [0, 0.1) is 0 Å². The number of hydrogen-bond acceptors (Lipinski definition) is 12. The molecule has 2 heterocycles. The van der Waals surface area contributed by atoms with Gasteiger partial charge in [0.2, 0.25) is 15.9 Å². The highest BCUT2D eigenvalue weighted by atomic mass is 32.2. The van der Waals surface area contributed by atoms with Crippen LogP contribution in [0.3, 0.4) is 0 Å². The average Bonchev–Trinajstić information content (AvgIpc) is 3.01. The zero-order chi connectivity index (χ0) is 34.8. The lowest BCUT2D eigenvalue weighted by molar-refractivity contribution is -0.193. The van der Waals surface area contributed by atoms with E-state index in [4.69, 9.17) is 14.2 Å². The number of benzene rings is 2. The van der Waals surface area contributed by atoms with Crippen molar-refractivity contribution in [3.8, 4) is 28.8 Å². The maximum atomic E-state index is 13.6. The number of alkyl halides is 3. The number of ether oxygens (including phenoxy) is 4. The molecule has 2 N–H and O–H groups in total. The van der Waals surface area contributed by atoms with Gasteiger partial charge in [0.15, 0.2) is 0 Å². The Bertz CT molecular complexity index is 1990. The number of rotatable bonds is 11. The number of pyridine rings is 1. The summed E-state index contributed by atoms with van der Waals surface area (Å²) in [6.07, 6.45) is -0.976. The van der Waals surface area contributed by atoms with E-state index in [1.165, 1.54) is 32.7 Å². The van der Waals surface area contributed by atoms with Crippen LogP contribution in [0.2, 0.25) is 0 Å². The molecule has 0 aliphatic heterocycles. The molecule has 2 aromatic carbocycles. The molecule has 0 spiro atoms. The Morgan fingerprint density at radius 1 is 1.00 bits per heavy atom. The molecule has 0 saturated heterocycles. The molecule has 1 aliphatic rings. The van der Waals surface area contributed by atoms with E-state index in [-0.39, 0.29) is 40.0 Å². The SMILES string of the molecule is COc1ncc(-c2ccc3c(Nc4cc(OC(C)C)cc(C(=O)OC(=O)C(F)(F)F)c4)c(S(=O)(=O)NC4CCC4)cnc3c2)c(OC)n1. The van der Waals surface area contributed by atoms with E-state index in [0.29, 0.717) is 34.9 Å². The minimum Gasteiger partial charge on any atom is -0.491 e. The summed E-state index contributed by atoms with van der Waals surface area (Å²) in [7, 11) is -1.31. The van der Waals surface area contributed by atoms with Crippen LogP contribution in [0.5, 0.6) is 17.6 Å². The molecule has 0 radical (unpaired) electrons. The Balaban J connectivity index is 1.63. The minimum absolute atomic E-state index is 0.0330. The van der Waals surface area contributed by atoms with Crippen LogP contribution in [-0.2, 0) is 19.6 Å². The summed E-state index contributed by atoms with van der Waals surface area (Å²) < 4.78 is 88.6. The molecular weight excluding hydrogens is 659 g/mol. The number of esters is 2. The van der Waals surface area contributed by atoms with Crippen LogP contribution < -0.4 is 24.2 Å². The molecule has 13 nitrogen and oxygen atoms in total. The standard InChI is InChI=1S/C31H30F3N5O8S/c1-16(2)46-21-11-18(28(40)47-29(41)31(32,33)34)10-20(13-21)37-26-22-9-8-17(23-14-36-30(45-4)38-27(23)44-3)12-24(22)35-15-25(26)48(42,43)39-19-6-5-7-19/h8-16,19,39H,5-7H2,1-4H3,(H,35,37). The van der Waals surface area contributed by atoms with Crippen molar-refractivity contribution >= 4 is 44.2 Å². The molecule has 4 aromatic rings. The van der Waals surface area contributed by atoms with Gasteiger partial charge in [-0.15, -0.1) is 0 Å². The monoisotopic (exact) mass is 689 g/mol. The normalized spacial score (nSPS) is 13.6. The number of aromatic nitrogens is 3. The van der Waals surface area contributed by atoms with E-state index in [1.807, 2.05) is 0 Å². The van der Waals surface area contributed by atoms with Crippen LogP contribution in [0.4, 0.5) is 24.5 Å². The van der Waals surface area contributed by atoms with Crippen LogP contribution >= 0.6 is 0 Å². The second-order valence-corrected chi connectivity index (χ2v) is 12.7. The Morgan fingerprint density at radius 3 is 2.38 bits per heavy atom. The largest absolute Gasteiger partial charge is 0.491 e. The zero-order valence-electron chi connectivity index (χ0n) is 26.0. The first-order chi connectivity index (χ1) is 22.7. The quantitative estimate of drug-likeness (QED) is 0.154. The average molecular weight is 690 g/mol. The number of methoxy groups -OCH3 is 2. The van der Waals surface area contributed by atoms with Gasteiger partial charge in [-0.2, -0.15) is 18.2 Å². The van der Waals surface area contributed by atoms with Crippen molar-refractivity contribution in [3.63, 3.8) is 0 Å². The molecule has 0 amide bonds. The number of hydrogen-bond donors (Lipinski definition) is 2. The number of sulfonamides is 1. The van der Waals surface area contributed by atoms with Gasteiger partial charge in [0.05, 0.1) is 42.7 Å². The minimum atomic E-state index is -5.41. The van der Waals surface area contributed by atoms with Crippen LogP contribution in [-0.4, -0.2) is 67.9 Å². The summed E-state index contributed by atoms with van der Waals surface area (Å²) >= 11 is 0. The molecule has 48 heavy (non-hydrogen) atoms. The molecule has 254 valence electrons. The predicted octanol–water partition coefficient (Wildman–Crippen LogP) is 5.32. The second-order valence-electron chi connectivity index (χ2n) is 11.0. The van der Waals surface area contributed by atoms with Crippen molar-refractivity contribution in [2.75, 3.05) is 19.5 Å². The third kappa shape index (κ3) is 7.57. The van der Waals surface area contributed by atoms with E-state index in [2.05, 4.69) is 29.7 Å². The molecule has 2 aromatic heterocycles. The number of nitrogens with one attached hydrogen (secondary N) is 2. The lowest BCUT2D eigenvalue weighted by atomic mass is 9.94. The van der Waals surface area contributed by atoms with E-state index in [9.17, 15) is 31.2 Å². The Labute approximate surface area is 272 Å². The zero-order valence-corrected chi connectivity index (χ0v) is 26.9. The summed E-state index contributed by atoms with van der Waals surface area (Å²) in [5, 5.41) is 3.33. The highest BCUT2D eigenvalue weighted by Gasteiger charge is 2.42. The topological polar surface area (TPSA) is 168 Å². The fourth-order valence-electron chi connectivity index (χ4n) is 4.76. The molecular formula is C31H30F3N5O8S. The van der Waals surface area contributed by atoms with Gasteiger partial charge in [0.25, 0.3) is 0 Å². The van der Waals surface area contributed by atoms with E-state index in [0.717, 1.165) is 18.6 Å². The Kier molecular flexibility index (Phi) is 9.72. The highest BCUT2D eigenvalue weighted by molar-refractivity contribution is 7.89. The molecule has 0 bridgehead atoms. The highest BCUT2D eigenvalue weighted by Crippen LogP contribution is 2.37. The van der Waals surface area contributed by atoms with Gasteiger partial charge in [-0.05, 0) is 50.5 Å². The van der Waals surface area contributed by atoms with Gasteiger partial charge in [0, 0.05) is 35.6 Å². The van der Waals surface area contributed by atoms with Gasteiger partial charge >= 0.3 is 24.1 Å². The Hall–Kier alpha value is -5.03. The van der Waals surface area contributed by atoms with Crippen molar-refractivity contribution in [1.29, 1.82) is 0 Å². The smallest absolute Gasteiger partial charge is 0.491 e. The summed E-state index contributed by atoms with van der Waals surface area (Å²) in [6, 6.07) is 8.39. The van der Waals surface area contributed by atoms with Crippen molar-refractivity contribution in [2.45, 2.75) is 56.3 Å². The van der Waals surface area contributed by atoms with Gasteiger partial charge in [-0.3, -0.25) is 4.98 Å². The number of fused-ring (bicyclic) bond motifs is 1. The molecule has 17 heteroatoms. The molecule has 1 saturated carbocycles. The van der Waals surface area contributed by atoms with Crippen molar-refractivity contribution in [2.24, 2.45) is 0 Å². The predicted molar refractivity (Wildman–Crippen MR) is 166 cm³/mol. The molecule has 1 fully saturated rings. The molecule has 1 aliphatic carbocycles. The molecule has 0 unspecified atom stereocenters. The van der Waals surface area contributed by atoms with Crippen LogP contribution in [0.25, 0.3) is 22.0 Å². The number of halogens is 3. The molecule has 0 atom stereocenters. The lowest BCUT2D eigenvalue weighted by Gasteiger charge is -2.27. The third-order valence-electron chi connectivity index (χ3n) is 7.17. The number of carbonyl (C=O) groups excluding carboxylic acids is 2. The summed E-state index contributed by atoms with van der Waals surface area (Å²) in [6.45, 7) is 3.36. The first kappa shape index (κ1) is 34.3. The van der Waals surface area contributed by atoms with E-state index >= 15 is 0 Å². The summed E-state index contributed by atoms with van der Waals surface area (Å²) in [5.74, 6) is -4.03. The van der Waals surface area contributed by atoms with Gasteiger partial charge < -0.3 is 24.3 Å².